The third-order valence-electron chi connectivity index (χ3n) is 2.13. The average molecular weight is 198 g/mol. The minimum Gasteiger partial charge on any atom is -0.507 e. The van der Waals surface area contributed by atoms with Crippen molar-refractivity contribution >= 4 is 9.84 Å². The topological polar surface area (TPSA) is 54.4 Å². The first-order valence-corrected chi connectivity index (χ1v) is 5.69. The SMILES string of the molecule is O=S(=O)(c1ccccc1O)C1CC1. The molecule has 13 heavy (non-hydrogen) atoms. The minimum atomic E-state index is -3.25. The van der Waals surface area contributed by atoms with Crippen molar-refractivity contribution in [2.45, 2.75) is 23.0 Å². The summed E-state index contributed by atoms with van der Waals surface area (Å²) >= 11 is 0. The quantitative estimate of drug-likeness (QED) is 0.780. The molecule has 0 radical (unpaired) electrons. The summed E-state index contributed by atoms with van der Waals surface area (Å²) in [5.41, 5.74) is 0. The molecule has 1 N–H and O–H groups in total. The number of para-hydroxylation sites is 1. The van der Waals surface area contributed by atoms with Gasteiger partial charge in [-0.05, 0) is 25.0 Å². The van der Waals surface area contributed by atoms with Crippen LogP contribution in [0.15, 0.2) is 29.2 Å². The maximum absolute atomic E-state index is 11.7. The maximum Gasteiger partial charge on any atom is 0.184 e. The van der Waals surface area contributed by atoms with E-state index in [9.17, 15) is 13.5 Å². The van der Waals surface area contributed by atoms with E-state index in [1.165, 1.54) is 12.1 Å². The van der Waals surface area contributed by atoms with Gasteiger partial charge in [-0.1, -0.05) is 12.1 Å². The van der Waals surface area contributed by atoms with E-state index in [1.54, 1.807) is 12.1 Å². The third-order valence-corrected chi connectivity index (χ3v) is 4.44. The highest BCUT2D eigenvalue weighted by Gasteiger charge is 2.38. The van der Waals surface area contributed by atoms with Crippen molar-refractivity contribution in [1.82, 2.24) is 0 Å². The van der Waals surface area contributed by atoms with Crippen LogP contribution in [0, 0.1) is 0 Å². The smallest absolute Gasteiger partial charge is 0.184 e. The van der Waals surface area contributed by atoms with Gasteiger partial charge in [-0.15, -0.1) is 0 Å². The van der Waals surface area contributed by atoms with Crippen LogP contribution in [0.2, 0.25) is 0 Å². The average Bonchev–Trinajstić information content (AvgIpc) is 2.86. The molecule has 1 fully saturated rings. The maximum atomic E-state index is 11.7. The van der Waals surface area contributed by atoms with Gasteiger partial charge in [0.25, 0.3) is 0 Å². The van der Waals surface area contributed by atoms with Crippen LogP contribution in [0.25, 0.3) is 0 Å². The lowest BCUT2D eigenvalue weighted by Crippen LogP contribution is -2.06. The summed E-state index contributed by atoms with van der Waals surface area (Å²) in [6, 6.07) is 6.08. The third kappa shape index (κ3) is 1.42. The number of phenols is 1. The van der Waals surface area contributed by atoms with Gasteiger partial charge >= 0.3 is 0 Å². The van der Waals surface area contributed by atoms with Crippen molar-refractivity contribution in [3.05, 3.63) is 24.3 Å². The van der Waals surface area contributed by atoms with Crippen molar-refractivity contribution in [1.29, 1.82) is 0 Å². The fourth-order valence-electron chi connectivity index (χ4n) is 1.26. The van der Waals surface area contributed by atoms with Gasteiger partial charge < -0.3 is 5.11 Å². The zero-order valence-electron chi connectivity index (χ0n) is 6.97. The number of aromatic hydroxyl groups is 1. The lowest BCUT2D eigenvalue weighted by Gasteiger charge is -2.03. The van der Waals surface area contributed by atoms with Gasteiger partial charge in [0.15, 0.2) is 9.84 Å². The Balaban J connectivity index is 2.51. The predicted octanol–water partition coefficient (Wildman–Crippen LogP) is 1.33. The first kappa shape index (κ1) is 8.56. The zero-order valence-corrected chi connectivity index (χ0v) is 7.79. The Morgan fingerprint density at radius 1 is 1.23 bits per heavy atom. The number of rotatable bonds is 2. The van der Waals surface area contributed by atoms with Crippen LogP contribution in [0.4, 0.5) is 0 Å². The Labute approximate surface area is 76.9 Å². The normalized spacial score (nSPS) is 17.2. The molecule has 0 bridgehead atoms. The van der Waals surface area contributed by atoms with Crippen LogP contribution < -0.4 is 0 Å². The van der Waals surface area contributed by atoms with E-state index in [0.29, 0.717) is 0 Å². The molecular formula is C9H10O3S. The molecule has 0 unspecified atom stereocenters. The molecule has 1 aromatic carbocycles. The van der Waals surface area contributed by atoms with Gasteiger partial charge in [-0.3, -0.25) is 0 Å². The predicted molar refractivity (Wildman–Crippen MR) is 48.3 cm³/mol. The Morgan fingerprint density at radius 2 is 1.85 bits per heavy atom. The van der Waals surface area contributed by atoms with Crippen LogP contribution >= 0.6 is 0 Å². The molecule has 70 valence electrons. The Morgan fingerprint density at radius 3 is 2.38 bits per heavy atom. The highest BCUT2D eigenvalue weighted by molar-refractivity contribution is 7.92. The lowest BCUT2D eigenvalue weighted by molar-refractivity contribution is 0.458. The van der Waals surface area contributed by atoms with Gasteiger partial charge in [0.2, 0.25) is 0 Å². The molecule has 1 aliphatic rings. The summed E-state index contributed by atoms with van der Waals surface area (Å²) in [6.45, 7) is 0. The second-order valence-corrected chi connectivity index (χ2v) is 5.41. The van der Waals surface area contributed by atoms with E-state index >= 15 is 0 Å². The van der Waals surface area contributed by atoms with Crippen molar-refractivity contribution in [2.75, 3.05) is 0 Å². The molecule has 0 saturated heterocycles. The Bertz CT molecular complexity index is 418. The van der Waals surface area contributed by atoms with E-state index in [0.717, 1.165) is 12.8 Å². The monoisotopic (exact) mass is 198 g/mol. The Hall–Kier alpha value is -1.03. The standard InChI is InChI=1S/C9H10O3S/c10-8-3-1-2-4-9(8)13(11,12)7-5-6-7/h1-4,7,10H,5-6H2. The Kier molecular flexibility index (Phi) is 1.80. The molecule has 0 aromatic heterocycles. The van der Waals surface area contributed by atoms with Crippen LogP contribution in [0.5, 0.6) is 5.75 Å². The van der Waals surface area contributed by atoms with Crippen molar-refractivity contribution in [3.8, 4) is 5.75 Å². The van der Waals surface area contributed by atoms with Crippen LogP contribution in [0.3, 0.4) is 0 Å². The number of sulfone groups is 1. The molecule has 1 aromatic rings. The zero-order chi connectivity index (χ0) is 9.47. The molecule has 1 aliphatic carbocycles. The summed E-state index contributed by atoms with van der Waals surface area (Å²) < 4.78 is 23.3. The summed E-state index contributed by atoms with van der Waals surface area (Å²) in [4.78, 5) is 0.0671. The first-order chi connectivity index (χ1) is 6.12. The molecule has 0 spiro atoms. The van der Waals surface area contributed by atoms with Crippen molar-refractivity contribution in [3.63, 3.8) is 0 Å². The first-order valence-electron chi connectivity index (χ1n) is 4.14. The van der Waals surface area contributed by atoms with Crippen LogP contribution in [0.1, 0.15) is 12.8 Å². The molecule has 1 saturated carbocycles. The number of benzene rings is 1. The van der Waals surface area contributed by atoms with E-state index in [1.807, 2.05) is 0 Å². The number of hydrogen-bond donors (Lipinski definition) is 1. The van der Waals surface area contributed by atoms with Crippen molar-refractivity contribution < 1.29 is 13.5 Å². The van der Waals surface area contributed by atoms with Gasteiger partial charge in [0.05, 0.1) is 5.25 Å². The van der Waals surface area contributed by atoms with E-state index in [2.05, 4.69) is 0 Å². The molecule has 0 amide bonds. The fraction of sp³-hybridized carbons (Fsp3) is 0.333. The highest BCUT2D eigenvalue weighted by atomic mass is 32.2. The van der Waals surface area contributed by atoms with E-state index in [4.69, 9.17) is 0 Å². The summed E-state index contributed by atoms with van der Waals surface area (Å²) in [5.74, 6) is -0.144. The second kappa shape index (κ2) is 2.73. The van der Waals surface area contributed by atoms with Gasteiger partial charge in [0, 0.05) is 0 Å². The molecule has 0 heterocycles. The van der Waals surface area contributed by atoms with E-state index < -0.39 is 9.84 Å². The van der Waals surface area contributed by atoms with Gasteiger partial charge in [-0.25, -0.2) is 8.42 Å². The summed E-state index contributed by atoms with van der Waals surface area (Å²) in [5, 5.41) is 9.08. The summed E-state index contributed by atoms with van der Waals surface area (Å²) in [6.07, 6.45) is 1.44. The second-order valence-electron chi connectivity index (χ2n) is 3.21. The van der Waals surface area contributed by atoms with Gasteiger partial charge in [-0.2, -0.15) is 0 Å². The summed E-state index contributed by atoms with van der Waals surface area (Å²) in [7, 11) is -3.25. The van der Waals surface area contributed by atoms with Crippen molar-refractivity contribution in [2.24, 2.45) is 0 Å². The highest BCUT2D eigenvalue weighted by Crippen LogP contribution is 2.36. The largest absolute Gasteiger partial charge is 0.507 e. The van der Waals surface area contributed by atoms with Gasteiger partial charge in [0.1, 0.15) is 10.6 Å². The minimum absolute atomic E-state index is 0.0671. The number of hydrogen-bond acceptors (Lipinski definition) is 3. The number of phenolic OH excluding ortho intramolecular Hbond substituents is 1. The molecule has 3 nitrogen and oxygen atoms in total. The molecule has 2 rings (SSSR count). The van der Waals surface area contributed by atoms with E-state index in [-0.39, 0.29) is 15.9 Å². The molecule has 0 aliphatic heterocycles. The fourth-order valence-corrected chi connectivity index (χ4v) is 3.00. The molecule has 0 atom stereocenters. The van der Waals surface area contributed by atoms with Crippen LogP contribution in [-0.2, 0) is 9.84 Å². The molecular weight excluding hydrogens is 188 g/mol. The molecule has 4 heteroatoms. The lowest BCUT2D eigenvalue weighted by atomic mass is 10.3. The van der Waals surface area contributed by atoms with Crippen LogP contribution in [-0.4, -0.2) is 18.8 Å².